The average molecular weight is 493 g/mol. The Morgan fingerprint density at radius 2 is 1.81 bits per heavy atom. The zero-order valence-corrected chi connectivity index (χ0v) is 20.6. The molecule has 7 nitrogen and oxygen atoms in total. The van der Waals surface area contributed by atoms with Crippen molar-refractivity contribution in [1.82, 2.24) is 20.6 Å². The van der Waals surface area contributed by atoms with Gasteiger partial charge in [-0.05, 0) is 6.07 Å². The third-order valence-corrected chi connectivity index (χ3v) is 6.30. The second kappa shape index (κ2) is 10.7. The number of rotatable bonds is 7. The summed E-state index contributed by atoms with van der Waals surface area (Å²) in [6.45, 7) is 4.98. The van der Waals surface area contributed by atoms with Crippen LogP contribution in [0, 0.1) is 0 Å². The van der Waals surface area contributed by atoms with Crippen LogP contribution in [0.15, 0.2) is 54.7 Å². The van der Waals surface area contributed by atoms with Gasteiger partial charge in [0.15, 0.2) is 0 Å². The monoisotopic (exact) mass is 493 g/mol. The number of carbonyl (C=O) groups excluding carboxylic acids is 1. The van der Waals surface area contributed by atoms with Gasteiger partial charge in [-0.1, -0.05) is 6.07 Å². The molecule has 2 heterocycles. The van der Waals surface area contributed by atoms with Crippen LogP contribution in [0.25, 0.3) is 11.3 Å². The predicted octanol–water partition coefficient (Wildman–Crippen LogP) is 0.888. The van der Waals surface area contributed by atoms with E-state index in [2.05, 4.69) is 61.9 Å². The number of ether oxygens (including phenoxy) is 1. The molecule has 166 valence electrons. The molecule has 2 aromatic carbocycles. The molecule has 0 aliphatic carbocycles. The minimum absolute atomic E-state index is 0.212. The molecular formula is C24H28AsN5O2. The first-order chi connectivity index (χ1) is 15.6. The van der Waals surface area contributed by atoms with Crippen molar-refractivity contribution in [2.45, 2.75) is 13.1 Å². The Balaban J connectivity index is 1.40. The Labute approximate surface area is 197 Å². The van der Waals surface area contributed by atoms with E-state index in [9.17, 15) is 4.79 Å². The van der Waals surface area contributed by atoms with Crippen molar-refractivity contribution in [3.8, 4) is 11.3 Å². The molecular weight excluding hydrogens is 465 g/mol. The maximum atomic E-state index is 12.1. The molecule has 0 radical (unpaired) electrons. The normalized spacial score (nSPS) is 13.8. The molecule has 1 aliphatic heterocycles. The van der Waals surface area contributed by atoms with Crippen molar-refractivity contribution in [1.29, 1.82) is 0 Å². The van der Waals surface area contributed by atoms with E-state index in [1.54, 1.807) is 13.2 Å². The molecule has 32 heavy (non-hydrogen) atoms. The van der Waals surface area contributed by atoms with Crippen molar-refractivity contribution >= 4 is 32.9 Å². The van der Waals surface area contributed by atoms with Crippen LogP contribution in [0.1, 0.15) is 21.6 Å². The molecule has 1 fully saturated rings. The first kappa shape index (κ1) is 22.5. The Morgan fingerprint density at radius 3 is 2.56 bits per heavy atom. The van der Waals surface area contributed by atoms with Crippen LogP contribution in [0.5, 0.6) is 0 Å². The molecule has 1 atom stereocenters. The zero-order valence-electron chi connectivity index (χ0n) is 18.2. The topological polar surface area (TPSA) is 79.4 Å². The van der Waals surface area contributed by atoms with Crippen molar-refractivity contribution in [2.24, 2.45) is 0 Å². The predicted molar refractivity (Wildman–Crippen MR) is 129 cm³/mol. The molecule has 1 saturated heterocycles. The van der Waals surface area contributed by atoms with Crippen molar-refractivity contribution in [2.75, 3.05) is 38.3 Å². The first-order valence-electron chi connectivity index (χ1n) is 10.7. The summed E-state index contributed by atoms with van der Waals surface area (Å²) in [5.41, 5.74) is 5.69. The van der Waals surface area contributed by atoms with Crippen LogP contribution in [-0.4, -0.2) is 66.1 Å². The van der Waals surface area contributed by atoms with Crippen LogP contribution in [-0.2, 0) is 17.8 Å². The van der Waals surface area contributed by atoms with Gasteiger partial charge in [0.05, 0.1) is 13.2 Å². The molecule has 0 spiro atoms. The number of nitrogens with zero attached hydrogens (tertiary/aromatic N) is 3. The minimum atomic E-state index is -0.212. The summed E-state index contributed by atoms with van der Waals surface area (Å²) in [5.74, 6) is -0.212. The standard InChI is InChI=1S/C24H28AsN5O2/c1-26-24(31)22-23(25)28-16-21(29-22)19-6-2-4-17(12-19)14-27-15-18-5-3-7-20(13-18)30-8-10-32-11-9-30/h2-7,12-13,16,27H,8-11,14-15,25H2,1H3,(H,26,31). The van der Waals surface area contributed by atoms with Gasteiger partial charge in [0.25, 0.3) is 0 Å². The van der Waals surface area contributed by atoms with Crippen molar-refractivity contribution in [3.63, 3.8) is 0 Å². The number of morpholine rings is 1. The van der Waals surface area contributed by atoms with E-state index in [1.165, 1.54) is 28.1 Å². The van der Waals surface area contributed by atoms with Crippen LogP contribution in [0.4, 0.5) is 5.69 Å². The summed E-state index contributed by atoms with van der Waals surface area (Å²) in [4.78, 5) is 23.4. The summed E-state index contributed by atoms with van der Waals surface area (Å²) in [6.07, 6.45) is 1.73. The molecule has 4 rings (SSSR count). The second-order valence-corrected chi connectivity index (χ2v) is 8.79. The Hall–Kier alpha value is -2.73. The van der Waals surface area contributed by atoms with E-state index >= 15 is 0 Å². The zero-order chi connectivity index (χ0) is 22.3. The van der Waals surface area contributed by atoms with E-state index < -0.39 is 0 Å². The van der Waals surface area contributed by atoms with Gasteiger partial charge in [0.2, 0.25) is 0 Å². The molecule has 1 aromatic heterocycles. The van der Waals surface area contributed by atoms with Crippen molar-refractivity contribution < 1.29 is 9.53 Å². The SMILES string of the molecule is CNC(=O)c1nc(-c2cccc(CNCc3cccc(N4CCOCC4)c3)c2)cnc1[AsH2]. The van der Waals surface area contributed by atoms with Crippen LogP contribution < -0.4 is 20.0 Å². The number of anilines is 1. The molecule has 0 bridgehead atoms. The fraction of sp³-hybridized carbons (Fsp3) is 0.292. The van der Waals surface area contributed by atoms with E-state index in [1.807, 2.05) is 12.1 Å². The van der Waals surface area contributed by atoms with Gasteiger partial charge in [0, 0.05) is 18.8 Å². The van der Waals surface area contributed by atoms with E-state index in [4.69, 9.17) is 4.74 Å². The van der Waals surface area contributed by atoms with Gasteiger partial charge in [-0.3, -0.25) is 0 Å². The fourth-order valence-corrected chi connectivity index (χ4v) is 4.27. The van der Waals surface area contributed by atoms with Crippen LogP contribution in [0.2, 0.25) is 0 Å². The van der Waals surface area contributed by atoms with Gasteiger partial charge in [0.1, 0.15) is 0 Å². The van der Waals surface area contributed by atoms with Gasteiger partial charge in [-0.2, -0.15) is 0 Å². The van der Waals surface area contributed by atoms with Gasteiger partial charge in [-0.15, -0.1) is 0 Å². The third kappa shape index (κ3) is 5.54. The number of benzene rings is 2. The number of carbonyl (C=O) groups is 1. The average Bonchev–Trinajstić information content (AvgIpc) is 2.85. The van der Waals surface area contributed by atoms with Crippen molar-refractivity contribution in [3.05, 3.63) is 71.5 Å². The number of hydrogen-bond acceptors (Lipinski definition) is 6. The Morgan fingerprint density at radius 1 is 1.09 bits per heavy atom. The third-order valence-electron chi connectivity index (χ3n) is 5.41. The summed E-state index contributed by atoms with van der Waals surface area (Å²) in [7, 11) is 1.60. The summed E-state index contributed by atoms with van der Waals surface area (Å²) in [5, 5.41) is 6.16. The summed E-state index contributed by atoms with van der Waals surface area (Å²) >= 11 is 1.29. The fourth-order valence-electron chi connectivity index (χ4n) is 3.70. The molecule has 1 amide bonds. The summed E-state index contributed by atoms with van der Waals surface area (Å²) < 4.78 is 6.13. The van der Waals surface area contributed by atoms with Gasteiger partial charge < -0.3 is 9.64 Å². The van der Waals surface area contributed by atoms with E-state index in [-0.39, 0.29) is 5.91 Å². The number of hydrogen-bond donors (Lipinski definition) is 2. The molecule has 3 aromatic rings. The Bertz CT molecular complexity index is 1090. The molecule has 8 heteroatoms. The van der Waals surface area contributed by atoms with E-state index in [0.717, 1.165) is 50.5 Å². The molecule has 2 N–H and O–H groups in total. The molecule has 0 saturated carbocycles. The Kier molecular flexibility index (Phi) is 7.53. The molecule has 1 aliphatic rings. The van der Waals surface area contributed by atoms with E-state index in [0.29, 0.717) is 15.9 Å². The maximum absolute atomic E-state index is 12.1. The number of amides is 1. The quantitative estimate of drug-likeness (QED) is 0.476. The number of nitrogens with one attached hydrogen (secondary N) is 2. The molecule has 1 unspecified atom stereocenters. The number of aromatic nitrogens is 2. The summed E-state index contributed by atoms with van der Waals surface area (Å²) in [6, 6.07) is 16.9. The first-order valence-corrected chi connectivity index (χ1v) is 11.9. The second-order valence-electron chi connectivity index (χ2n) is 7.64. The van der Waals surface area contributed by atoms with Crippen LogP contribution in [0.3, 0.4) is 0 Å². The van der Waals surface area contributed by atoms with Gasteiger partial charge in [-0.25, -0.2) is 0 Å². The van der Waals surface area contributed by atoms with Crippen LogP contribution >= 0.6 is 0 Å². The van der Waals surface area contributed by atoms with Gasteiger partial charge >= 0.3 is 143 Å².